The molecule has 0 amide bonds. The van der Waals surface area contributed by atoms with E-state index < -0.39 is 0 Å². The SMILES string of the molecule is O=C(c1nnco1)c1ccccc1CBr. The Morgan fingerprint density at radius 2 is 2.20 bits per heavy atom. The summed E-state index contributed by atoms with van der Waals surface area (Å²) in [6.45, 7) is 0. The molecule has 0 unspecified atom stereocenters. The maximum atomic E-state index is 11.9. The Hall–Kier alpha value is -1.49. The van der Waals surface area contributed by atoms with Gasteiger partial charge in [0.1, 0.15) is 0 Å². The van der Waals surface area contributed by atoms with Gasteiger partial charge >= 0.3 is 0 Å². The van der Waals surface area contributed by atoms with Gasteiger partial charge in [-0.25, -0.2) is 0 Å². The van der Waals surface area contributed by atoms with Crippen LogP contribution in [0, 0.1) is 0 Å². The molecule has 1 aromatic carbocycles. The van der Waals surface area contributed by atoms with Crippen molar-refractivity contribution in [2.75, 3.05) is 0 Å². The maximum Gasteiger partial charge on any atom is 0.288 e. The normalized spacial score (nSPS) is 10.2. The number of hydrogen-bond acceptors (Lipinski definition) is 4. The Balaban J connectivity index is 2.42. The number of rotatable bonds is 3. The van der Waals surface area contributed by atoms with Crippen LogP contribution < -0.4 is 0 Å². The first kappa shape index (κ1) is 10.0. The van der Waals surface area contributed by atoms with E-state index in [1.807, 2.05) is 12.1 Å². The molecule has 15 heavy (non-hydrogen) atoms. The number of carbonyl (C=O) groups is 1. The van der Waals surface area contributed by atoms with E-state index in [9.17, 15) is 4.79 Å². The zero-order valence-corrected chi connectivity index (χ0v) is 9.27. The fraction of sp³-hybridized carbons (Fsp3) is 0.100. The highest BCUT2D eigenvalue weighted by molar-refractivity contribution is 9.08. The topological polar surface area (TPSA) is 56.0 Å². The molecule has 0 saturated heterocycles. The highest BCUT2D eigenvalue weighted by Crippen LogP contribution is 2.15. The van der Waals surface area contributed by atoms with E-state index in [4.69, 9.17) is 4.42 Å². The molecule has 0 saturated carbocycles. The van der Waals surface area contributed by atoms with Crippen molar-refractivity contribution in [1.82, 2.24) is 10.2 Å². The second-order valence-electron chi connectivity index (χ2n) is 2.86. The van der Waals surface area contributed by atoms with Crippen LogP contribution in [0.5, 0.6) is 0 Å². The minimum absolute atomic E-state index is 0.0170. The van der Waals surface area contributed by atoms with Gasteiger partial charge in [-0.1, -0.05) is 40.2 Å². The van der Waals surface area contributed by atoms with Gasteiger partial charge in [-0.15, -0.1) is 10.2 Å². The van der Waals surface area contributed by atoms with Crippen molar-refractivity contribution in [3.05, 3.63) is 47.7 Å². The molecule has 0 bridgehead atoms. The predicted octanol–water partition coefficient (Wildman–Crippen LogP) is 2.20. The van der Waals surface area contributed by atoms with E-state index in [1.165, 1.54) is 0 Å². The van der Waals surface area contributed by atoms with Crippen molar-refractivity contribution in [2.24, 2.45) is 0 Å². The molecule has 4 nitrogen and oxygen atoms in total. The van der Waals surface area contributed by atoms with Crippen LogP contribution in [-0.2, 0) is 5.33 Å². The van der Waals surface area contributed by atoms with E-state index >= 15 is 0 Å². The highest BCUT2D eigenvalue weighted by atomic mass is 79.9. The van der Waals surface area contributed by atoms with Crippen LogP contribution in [0.25, 0.3) is 0 Å². The fourth-order valence-corrected chi connectivity index (χ4v) is 1.73. The van der Waals surface area contributed by atoms with Crippen LogP contribution in [0.15, 0.2) is 35.1 Å². The van der Waals surface area contributed by atoms with Crippen molar-refractivity contribution in [3.63, 3.8) is 0 Å². The van der Waals surface area contributed by atoms with Crippen molar-refractivity contribution < 1.29 is 9.21 Å². The van der Waals surface area contributed by atoms with Gasteiger partial charge in [0.25, 0.3) is 5.89 Å². The summed E-state index contributed by atoms with van der Waals surface area (Å²) in [6, 6.07) is 7.29. The monoisotopic (exact) mass is 266 g/mol. The second-order valence-corrected chi connectivity index (χ2v) is 3.42. The number of alkyl halides is 1. The lowest BCUT2D eigenvalue weighted by atomic mass is 10.1. The molecule has 0 aliphatic carbocycles. The van der Waals surface area contributed by atoms with Gasteiger partial charge in [-0.05, 0) is 5.56 Å². The van der Waals surface area contributed by atoms with Crippen molar-refractivity contribution >= 4 is 21.7 Å². The van der Waals surface area contributed by atoms with E-state index in [-0.39, 0.29) is 11.7 Å². The van der Waals surface area contributed by atoms with Crippen LogP contribution in [0.2, 0.25) is 0 Å². The number of benzene rings is 1. The van der Waals surface area contributed by atoms with Gasteiger partial charge in [0.15, 0.2) is 0 Å². The van der Waals surface area contributed by atoms with Gasteiger partial charge in [-0.2, -0.15) is 0 Å². The highest BCUT2D eigenvalue weighted by Gasteiger charge is 2.16. The van der Waals surface area contributed by atoms with E-state index in [0.717, 1.165) is 12.0 Å². The van der Waals surface area contributed by atoms with Gasteiger partial charge in [0.2, 0.25) is 12.2 Å². The molecule has 5 heteroatoms. The lowest BCUT2D eigenvalue weighted by molar-refractivity contribution is 0.100. The summed E-state index contributed by atoms with van der Waals surface area (Å²) in [5.74, 6) is -0.231. The molecule has 0 fully saturated rings. The summed E-state index contributed by atoms with van der Waals surface area (Å²) in [5.41, 5.74) is 1.49. The smallest absolute Gasteiger partial charge is 0.288 e. The Bertz CT molecular complexity index is 468. The van der Waals surface area contributed by atoms with Gasteiger partial charge in [-0.3, -0.25) is 4.79 Å². The van der Waals surface area contributed by atoms with E-state index in [0.29, 0.717) is 10.9 Å². The number of ketones is 1. The standard InChI is InChI=1S/C10H7BrN2O2/c11-5-7-3-1-2-4-8(7)9(14)10-13-12-6-15-10/h1-4,6H,5H2. The third-order valence-electron chi connectivity index (χ3n) is 1.96. The number of carbonyl (C=O) groups excluding carboxylic acids is 1. The van der Waals surface area contributed by atoms with Crippen molar-refractivity contribution in [2.45, 2.75) is 5.33 Å². The Morgan fingerprint density at radius 1 is 1.40 bits per heavy atom. The summed E-state index contributed by atoms with van der Waals surface area (Å²) in [6.07, 6.45) is 1.14. The molecule has 76 valence electrons. The zero-order valence-electron chi connectivity index (χ0n) is 7.68. The number of halogens is 1. The molecule has 0 radical (unpaired) electrons. The van der Waals surface area contributed by atoms with Crippen LogP contribution in [0.1, 0.15) is 21.8 Å². The first-order valence-electron chi connectivity index (χ1n) is 4.27. The summed E-state index contributed by atoms with van der Waals surface area (Å²) in [4.78, 5) is 11.9. The zero-order chi connectivity index (χ0) is 10.7. The van der Waals surface area contributed by atoms with Gasteiger partial charge in [0.05, 0.1) is 0 Å². The third-order valence-corrected chi connectivity index (χ3v) is 2.56. The summed E-state index contributed by atoms with van der Waals surface area (Å²) in [5, 5.41) is 7.68. The number of aromatic nitrogens is 2. The molecule has 1 heterocycles. The summed E-state index contributed by atoms with van der Waals surface area (Å²) >= 11 is 3.32. The third kappa shape index (κ3) is 1.97. The van der Waals surface area contributed by atoms with Crippen LogP contribution >= 0.6 is 15.9 Å². The molecule has 0 atom stereocenters. The van der Waals surface area contributed by atoms with E-state index in [2.05, 4.69) is 26.1 Å². The van der Waals surface area contributed by atoms with Gasteiger partial charge in [0, 0.05) is 10.9 Å². The Kier molecular flexibility index (Phi) is 2.91. The lowest BCUT2D eigenvalue weighted by Gasteiger charge is -2.02. The molecule has 2 rings (SSSR count). The molecule has 0 N–H and O–H groups in total. The second kappa shape index (κ2) is 4.35. The molecule has 0 aliphatic rings. The summed E-state index contributed by atoms with van der Waals surface area (Å²) in [7, 11) is 0. The fourth-order valence-electron chi connectivity index (χ4n) is 1.25. The van der Waals surface area contributed by atoms with Crippen LogP contribution in [0.3, 0.4) is 0 Å². The van der Waals surface area contributed by atoms with E-state index in [1.54, 1.807) is 12.1 Å². The van der Waals surface area contributed by atoms with Crippen LogP contribution in [0.4, 0.5) is 0 Å². The minimum Gasteiger partial charge on any atom is -0.421 e. The molecule has 0 aliphatic heterocycles. The maximum absolute atomic E-state index is 11.9. The predicted molar refractivity (Wildman–Crippen MR) is 56.8 cm³/mol. The number of hydrogen-bond donors (Lipinski definition) is 0. The molecular formula is C10H7BrN2O2. The molecule has 2 aromatic rings. The van der Waals surface area contributed by atoms with Crippen molar-refractivity contribution in [1.29, 1.82) is 0 Å². The summed E-state index contributed by atoms with van der Waals surface area (Å²) < 4.78 is 4.86. The minimum atomic E-state index is -0.248. The van der Waals surface area contributed by atoms with Gasteiger partial charge < -0.3 is 4.42 Å². The largest absolute Gasteiger partial charge is 0.421 e. The van der Waals surface area contributed by atoms with Crippen LogP contribution in [-0.4, -0.2) is 16.0 Å². The molecular weight excluding hydrogens is 260 g/mol. The average Bonchev–Trinajstić information content (AvgIpc) is 2.81. The average molecular weight is 267 g/mol. The molecule has 0 spiro atoms. The first-order chi connectivity index (χ1) is 7.33. The lowest BCUT2D eigenvalue weighted by Crippen LogP contribution is -2.04. The Labute approximate surface area is 94.4 Å². The molecule has 1 aromatic heterocycles. The first-order valence-corrected chi connectivity index (χ1v) is 5.40. The quantitative estimate of drug-likeness (QED) is 0.631. The Morgan fingerprint density at radius 3 is 2.87 bits per heavy atom. The number of nitrogens with zero attached hydrogens (tertiary/aromatic N) is 2. The van der Waals surface area contributed by atoms with Crippen molar-refractivity contribution in [3.8, 4) is 0 Å².